The van der Waals surface area contributed by atoms with Gasteiger partial charge in [0.1, 0.15) is 5.75 Å². The van der Waals surface area contributed by atoms with E-state index in [1.165, 1.54) is 17.3 Å². The Morgan fingerprint density at radius 3 is 2.52 bits per heavy atom. The Labute approximate surface area is 151 Å². The third-order valence-corrected chi connectivity index (χ3v) is 4.69. The Morgan fingerprint density at radius 1 is 1.08 bits per heavy atom. The summed E-state index contributed by atoms with van der Waals surface area (Å²) in [6.07, 6.45) is 0. The van der Waals surface area contributed by atoms with Crippen LogP contribution in [0.5, 0.6) is 5.75 Å². The van der Waals surface area contributed by atoms with E-state index in [0.717, 1.165) is 16.0 Å². The van der Waals surface area contributed by atoms with Crippen LogP contribution in [-0.4, -0.2) is 29.3 Å². The first-order valence-corrected chi connectivity index (χ1v) is 8.79. The number of rotatable bonds is 7. The van der Waals surface area contributed by atoms with Crippen molar-refractivity contribution in [3.05, 3.63) is 53.1 Å². The van der Waals surface area contributed by atoms with Crippen molar-refractivity contribution in [1.82, 2.24) is 0 Å². The Hall–Kier alpha value is -2.47. The van der Waals surface area contributed by atoms with Crippen LogP contribution in [0.4, 0.5) is 5.69 Å². The van der Waals surface area contributed by atoms with Crippen LogP contribution in [0.15, 0.2) is 41.3 Å². The third-order valence-electron chi connectivity index (χ3n) is 3.54. The average Bonchev–Trinajstić information content (AvgIpc) is 2.56. The molecule has 0 bridgehead atoms. The van der Waals surface area contributed by atoms with Gasteiger partial charge in [0.15, 0.2) is 6.61 Å². The van der Waals surface area contributed by atoms with Gasteiger partial charge in [-0.15, -0.1) is 11.8 Å². The normalized spacial score (nSPS) is 10.4. The van der Waals surface area contributed by atoms with Gasteiger partial charge in [0.25, 0.3) is 0 Å². The molecule has 0 radical (unpaired) electrons. The minimum Gasteiger partial charge on any atom is -0.482 e. The molecule has 0 saturated heterocycles. The zero-order valence-corrected chi connectivity index (χ0v) is 15.3. The second-order valence-electron chi connectivity index (χ2n) is 5.76. The summed E-state index contributed by atoms with van der Waals surface area (Å²) in [4.78, 5) is 23.8. The van der Waals surface area contributed by atoms with Crippen LogP contribution in [0.25, 0.3) is 0 Å². The van der Waals surface area contributed by atoms with Crippen molar-refractivity contribution in [2.75, 3.05) is 17.7 Å². The van der Waals surface area contributed by atoms with Crippen molar-refractivity contribution in [3.63, 3.8) is 0 Å². The maximum atomic E-state index is 12.2. The number of nitrogens with one attached hydrogen (secondary N) is 1. The number of hydrogen-bond donors (Lipinski definition) is 2. The lowest BCUT2D eigenvalue weighted by Crippen LogP contribution is -2.15. The standard InChI is InChI=1S/C19H21NO4S/c1-12-4-5-13(2)17(8-12)25-11-18(21)20-16-7-6-15(9-14(16)3)24-10-19(22)23/h4-9H,10-11H2,1-3H3,(H,20,21)(H,22,23). The van der Waals surface area contributed by atoms with E-state index in [1.54, 1.807) is 18.2 Å². The number of ether oxygens (including phenoxy) is 1. The summed E-state index contributed by atoms with van der Waals surface area (Å²) in [7, 11) is 0. The molecule has 132 valence electrons. The number of thioether (sulfide) groups is 1. The fraction of sp³-hybridized carbons (Fsp3) is 0.263. The van der Waals surface area contributed by atoms with Crippen molar-refractivity contribution in [1.29, 1.82) is 0 Å². The monoisotopic (exact) mass is 359 g/mol. The lowest BCUT2D eigenvalue weighted by molar-refractivity contribution is -0.139. The van der Waals surface area contributed by atoms with E-state index in [4.69, 9.17) is 9.84 Å². The summed E-state index contributed by atoms with van der Waals surface area (Å²) in [6.45, 7) is 5.50. The minimum atomic E-state index is -1.03. The average molecular weight is 359 g/mol. The van der Waals surface area contributed by atoms with Gasteiger partial charge in [-0.2, -0.15) is 0 Å². The highest BCUT2D eigenvalue weighted by atomic mass is 32.2. The first kappa shape index (κ1) is 18.9. The van der Waals surface area contributed by atoms with Crippen LogP contribution < -0.4 is 10.1 Å². The molecule has 0 unspecified atom stereocenters. The first-order valence-electron chi connectivity index (χ1n) is 7.80. The molecular formula is C19H21NO4S. The van der Waals surface area contributed by atoms with E-state index in [0.29, 0.717) is 17.2 Å². The Kier molecular flexibility index (Phi) is 6.47. The Morgan fingerprint density at radius 2 is 1.84 bits per heavy atom. The SMILES string of the molecule is Cc1ccc(C)c(SCC(=O)Nc2ccc(OCC(=O)O)cc2C)c1. The summed E-state index contributed by atoms with van der Waals surface area (Å²) in [5, 5.41) is 11.5. The largest absolute Gasteiger partial charge is 0.482 e. The van der Waals surface area contributed by atoms with Crippen LogP contribution in [0.2, 0.25) is 0 Å². The van der Waals surface area contributed by atoms with Crippen LogP contribution in [0, 0.1) is 20.8 Å². The summed E-state index contributed by atoms with van der Waals surface area (Å²) in [5.74, 6) is -0.338. The summed E-state index contributed by atoms with van der Waals surface area (Å²) in [6, 6.07) is 11.2. The second-order valence-corrected chi connectivity index (χ2v) is 6.78. The number of aliphatic carboxylic acids is 1. The topological polar surface area (TPSA) is 75.6 Å². The molecule has 0 heterocycles. The number of carboxylic acids is 1. The molecule has 0 aliphatic rings. The lowest BCUT2D eigenvalue weighted by atomic mass is 10.2. The summed E-state index contributed by atoms with van der Waals surface area (Å²) < 4.78 is 5.12. The maximum absolute atomic E-state index is 12.2. The van der Waals surface area contributed by atoms with E-state index < -0.39 is 12.6 Å². The van der Waals surface area contributed by atoms with Gasteiger partial charge in [-0.05, 0) is 56.2 Å². The van der Waals surface area contributed by atoms with Crippen LogP contribution in [0.3, 0.4) is 0 Å². The number of carbonyl (C=O) groups excluding carboxylic acids is 1. The molecule has 6 heteroatoms. The molecule has 0 aliphatic heterocycles. The minimum absolute atomic E-state index is 0.0896. The molecule has 1 amide bonds. The molecule has 5 nitrogen and oxygen atoms in total. The molecule has 2 aromatic rings. The zero-order valence-electron chi connectivity index (χ0n) is 14.5. The van der Waals surface area contributed by atoms with Crippen molar-refractivity contribution in [2.45, 2.75) is 25.7 Å². The van der Waals surface area contributed by atoms with E-state index >= 15 is 0 Å². The fourth-order valence-electron chi connectivity index (χ4n) is 2.20. The highest BCUT2D eigenvalue weighted by Gasteiger charge is 2.09. The number of carbonyl (C=O) groups is 2. The van der Waals surface area contributed by atoms with Gasteiger partial charge in [-0.3, -0.25) is 4.79 Å². The molecule has 2 rings (SSSR count). The van der Waals surface area contributed by atoms with Gasteiger partial charge < -0.3 is 15.2 Å². The molecule has 0 aliphatic carbocycles. The quantitative estimate of drug-likeness (QED) is 0.735. The van der Waals surface area contributed by atoms with E-state index in [-0.39, 0.29) is 5.91 Å². The van der Waals surface area contributed by atoms with Crippen molar-refractivity contribution in [2.24, 2.45) is 0 Å². The highest BCUT2D eigenvalue weighted by Crippen LogP contribution is 2.25. The van der Waals surface area contributed by atoms with E-state index in [1.807, 2.05) is 20.8 Å². The molecule has 0 saturated carbocycles. The number of benzene rings is 2. The zero-order chi connectivity index (χ0) is 18.4. The smallest absolute Gasteiger partial charge is 0.341 e. The van der Waals surface area contributed by atoms with Crippen molar-refractivity contribution >= 4 is 29.3 Å². The van der Waals surface area contributed by atoms with Crippen LogP contribution in [-0.2, 0) is 9.59 Å². The molecule has 0 atom stereocenters. The molecule has 2 aromatic carbocycles. The number of anilines is 1. The summed E-state index contributed by atoms with van der Waals surface area (Å²) >= 11 is 1.51. The number of hydrogen-bond acceptors (Lipinski definition) is 4. The summed E-state index contributed by atoms with van der Waals surface area (Å²) in [5.41, 5.74) is 3.82. The van der Waals surface area contributed by atoms with Gasteiger partial charge in [-0.25, -0.2) is 4.79 Å². The van der Waals surface area contributed by atoms with Gasteiger partial charge in [0, 0.05) is 10.6 Å². The third kappa shape index (κ3) is 5.83. The molecule has 2 N–H and O–H groups in total. The lowest BCUT2D eigenvalue weighted by Gasteiger charge is -2.11. The van der Waals surface area contributed by atoms with Crippen molar-refractivity contribution in [3.8, 4) is 5.75 Å². The molecule has 0 spiro atoms. The first-order chi connectivity index (χ1) is 11.8. The molecule has 0 fully saturated rings. The molecular weight excluding hydrogens is 338 g/mol. The van der Waals surface area contributed by atoms with E-state index in [9.17, 15) is 9.59 Å². The maximum Gasteiger partial charge on any atom is 0.341 e. The van der Waals surface area contributed by atoms with E-state index in [2.05, 4.69) is 23.5 Å². The highest BCUT2D eigenvalue weighted by molar-refractivity contribution is 8.00. The predicted molar refractivity (Wildman–Crippen MR) is 99.6 cm³/mol. The Balaban J connectivity index is 1.93. The van der Waals surface area contributed by atoms with Gasteiger partial charge >= 0.3 is 5.97 Å². The number of carboxylic acid groups (broad SMARTS) is 1. The van der Waals surface area contributed by atoms with Crippen molar-refractivity contribution < 1.29 is 19.4 Å². The number of aryl methyl sites for hydroxylation is 3. The predicted octanol–water partition coefficient (Wildman–Crippen LogP) is 3.81. The van der Waals surface area contributed by atoms with Crippen LogP contribution >= 0.6 is 11.8 Å². The fourth-order valence-corrected chi connectivity index (χ4v) is 3.13. The second kappa shape index (κ2) is 8.58. The van der Waals surface area contributed by atoms with Gasteiger partial charge in [-0.1, -0.05) is 17.7 Å². The molecule has 25 heavy (non-hydrogen) atoms. The van der Waals surface area contributed by atoms with Gasteiger partial charge in [0.2, 0.25) is 5.91 Å². The number of amides is 1. The molecule has 0 aromatic heterocycles. The Bertz CT molecular complexity index is 789. The van der Waals surface area contributed by atoms with Gasteiger partial charge in [0.05, 0.1) is 5.75 Å². The van der Waals surface area contributed by atoms with Crippen LogP contribution in [0.1, 0.15) is 16.7 Å².